The van der Waals surface area contributed by atoms with Gasteiger partial charge in [-0.05, 0) is 0 Å². The van der Waals surface area contributed by atoms with Crippen LogP contribution in [-0.2, 0) is 4.79 Å². The van der Waals surface area contributed by atoms with Gasteiger partial charge in [0.2, 0.25) is 0 Å². The van der Waals surface area contributed by atoms with Crippen LogP contribution in [0.1, 0.15) is 6.92 Å². The third-order valence-electron chi connectivity index (χ3n) is 4.57. The number of rotatable bonds is 5. The molecule has 0 N–H and O–H groups in total. The van der Waals surface area contributed by atoms with Crippen molar-refractivity contribution in [1.29, 1.82) is 0 Å². The zero-order valence-electron chi connectivity index (χ0n) is 13.5. The molecule has 0 heterocycles. The summed E-state index contributed by atoms with van der Waals surface area (Å²) in [5.74, 6) is 0. The Bertz CT molecular complexity index is 704. The molecule has 0 aliphatic carbocycles. The SMILES string of the molecule is CC(Cl)(C=O)[PH](c1ccccc1)(c1ccccc1)c1ccccc1. The fraction of sp³-hybridized carbons (Fsp3) is 0.0952. The number of benzene rings is 3. The summed E-state index contributed by atoms with van der Waals surface area (Å²) in [6.07, 6.45) is 0.910. The molecule has 0 aliphatic heterocycles. The first-order chi connectivity index (χ1) is 11.6. The van der Waals surface area contributed by atoms with Crippen molar-refractivity contribution in [3.63, 3.8) is 0 Å². The standard InChI is InChI=1S/C21H20ClOP/c1-21(22,17-23)24(18-11-5-2-6-12-18,19-13-7-3-8-14-19)20-15-9-4-10-16-20/h2-17,24H,1H3. The van der Waals surface area contributed by atoms with Gasteiger partial charge in [0, 0.05) is 0 Å². The zero-order valence-corrected chi connectivity index (χ0v) is 15.3. The van der Waals surface area contributed by atoms with Gasteiger partial charge >= 0.3 is 148 Å². The van der Waals surface area contributed by atoms with Gasteiger partial charge in [0.25, 0.3) is 0 Å². The van der Waals surface area contributed by atoms with Crippen LogP contribution in [0.3, 0.4) is 0 Å². The minimum absolute atomic E-state index is 0.910. The Balaban J connectivity index is 2.45. The number of halogens is 1. The molecule has 1 unspecified atom stereocenters. The van der Waals surface area contributed by atoms with Crippen LogP contribution >= 0.6 is 18.9 Å². The molecule has 3 aromatic rings. The van der Waals surface area contributed by atoms with E-state index < -0.39 is 11.9 Å². The van der Waals surface area contributed by atoms with E-state index in [2.05, 4.69) is 36.4 Å². The maximum absolute atomic E-state index is 12.1. The number of hydrogen-bond acceptors (Lipinski definition) is 1. The van der Waals surface area contributed by atoms with Gasteiger partial charge in [-0.1, -0.05) is 0 Å². The molecule has 0 radical (unpaired) electrons. The van der Waals surface area contributed by atoms with Crippen LogP contribution in [0.2, 0.25) is 0 Å². The molecule has 0 aromatic heterocycles. The van der Waals surface area contributed by atoms with E-state index in [1.165, 1.54) is 0 Å². The van der Waals surface area contributed by atoms with Gasteiger partial charge in [-0.25, -0.2) is 0 Å². The summed E-state index contributed by atoms with van der Waals surface area (Å²) in [7, 11) is -2.75. The predicted octanol–water partition coefficient (Wildman–Crippen LogP) is 3.87. The summed E-state index contributed by atoms with van der Waals surface area (Å²) in [6.45, 7) is 1.85. The second kappa shape index (κ2) is 6.89. The van der Waals surface area contributed by atoms with Crippen molar-refractivity contribution in [2.24, 2.45) is 0 Å². The second-order valence-electron chi connectivity index (χ2n) is 6.04. The molecule has 24 heavy (non-hydrogen) atoms. The van der Waals surface area contributed by atoms with Crippen molar-refractivity contribution < 1.29 is 4.79 Å². The Morgan fingerprint density at radius 2 is 1.00 bits per heavy atom. The van der Waals surface area contributed by atoms with Crippen molar-refractivity contribution in [2.75, 3.05) is 0 Å². The van der Waals surface area contributed by atoms with Crippen LogP contribution in [0.4, 0.5) is 0 Å². The molecule has 0 saturated heterocycles. The molecule has 3 aromatic carbocycles. The number of aldehydes is 1. The fourth-order valence-corrected chi connectivity index (χ4v) is 9.43. The first kappa shape index (κ1) is 16.9. The molecule has 122 valence electrons. The number of carbonyl (C=O) groups excluding carboxylic acids is 1. The average molecular weight is 355 g/mol. The van der Waals surface area contributed by atoms with E-state index in [1.807, 2.05) is 61.5 Å². The Morgan fingerprint density at radius 3 is 1.25 bits per heavy atom. The molecule has 0 saturated carbocycles. The van der Waals surface area contributed by atoms with Gasteiger partial charge < -0.3 is 0 Å². The summed E-state index contributed by atoms with van der Waals surface area (Å²) in [5.41, 5.74) is 0. The van der Waals surface area contributed by atoms with E-state index in [0.717, 1.165) is 22.2 Å². The number of carbonyl (C=O) groups is 1. The van der Waals surface area contributed by atoms with Crippen LogP contribution in [0.5, 0.6) is 0 Å². The third kappa shape index (κ3) is 2.69. The third-order valence-corrected chi connectivity index (χ3v) is 10.7. The second-order valence-corrected chi connectivity index (χ2v) is 11.4. The molecule has 1 atom stereocenters. The van der Waals surface area contributed by atoms with Gasteiger partial charge in [0.05, 0.1) is 0 Å². The monoisotopic (exact) mass is 354 g/mol. The van der Waals surface area contributed by atoms with Crippen molar-refractivity contribution in [1.82, 2.24) is 0 Å². The van der Waals surface area contributed by atoms with Gasteiger partial charge in [-0.3, -0.25) is 0 Å². The first-order valence-electron chi connectivity index (χ1n) is 7.95. The normalized spacial score (nSPS) is 14.6. The Kier molecular flexibility index (Phi) is 4.85. The minimum atomic E-state index is -2.75. The van der Waals surface area contributed by atoms with Crippen LogP contribution < -0.4 is 15.9 Å². The Hall–Kier alpha value is -1.95. The van der Waals surface area contributed by atoms with E-state index in [1.54, 1.807) is 0 Å². The molecular formula is C21H20ClOP. The first-order valence-corrected chi connectivity index (χ1v) is 10.3. The molecule has 1 nitrogen and oxygen atoms in total. The van der Waals surface area contributed by atoms with E-state index in [0.29, 0.717) is 0 Å². The summed E-state index contributed by atoms with van der Waals surface area (Å²) < 4.78 is -1.00. The van der Waals surface area contributed by atoms with E-state index in [-0.39, 0.29) is 0 Å². The average Bonchev–Trinajstić information content (AvgIpc) is 2.65. The van der Waals surface area contributed by atoms with Crippen LogP contribution in [-0.4, -0.2) is 10.9 Å². The topological polar surface area (TPSA) is 17.1 Å². The molecule has 0 bridgehead atoms. The Morgan fingerprint density at radius 1 is 0.708 bits per heavy atom. The molecular weight excluding hydrogens is 335 g/mol. The van der Waals surface area contributed by atoms with Crippen molar-refractivity contribution in [2.45, 2.75) is 11.5 Å². The Labute approximate surface area is 148 Å². The molecule has 0 aliphatic rings. The van der Waals surface area contributed by atoms with Crippen LogP contribution in [0, 0.1) is 0 Å². The van der Waals surface area contributed by atoms with Crippen molar-refractivity contribution >= 4 is 41.1 Å². The predicted molar refractivity (Wildman–Crippen MR) is 107 cm³/mol. The molecule has 3 heteroatoms. The van der Waals surface area contributed by atoms with Crippen LogP contribution in [0.25, 0.3) is 0 Å². The van der Waals surface area contributed by atoms with Gasteiger partial charge in [-0.2, -0.15) is 0 Å². The summed E-state index contributed by atoms with van der Waals surface area (Å²) >= 11 is 6.94. The van der Waals surface area contributed by atoms with E-state index >= 15 is 0 Å². The van der Waals surface area contributed by atoms with Gasteiger partial charge in [-0.15, -0.1) is 0 Å². The summed E-state index contributed by atoms with van der Waals surface area (Å²) in [5, 5.41) is 3.39. The maximum atomic E-state index is 12.1. The molecule has 0 amide bonds. The number of alkyl halides is 1. The zero-order chi connectivity index (χ0) is 17.0. The molecule has 3 rings (SSSR count). The van der Waals surface area contributed by atoms with Gasteiger partial charge in [0.1, 0.15) is 0 Å². The summed E-state index contributed by atoms with van der Waals surface area (Å²) in [6, 6.07) is 30.6. The summed E-state index contributed by atoms with van der Waals surface area (Å²) in [4.78, 5) is 12.1. The fourth-order valence-electron chi connectivity index (χ4n) is 3.50. The van der Waals surface area contributed by atoms with E-state index in [9.17, 15) is 4.79 Å². The quantitative estimate of drug-likeness (QED) is 0.386. The number of hydrogen-bond donors (Lipinski definition) is 0. The molecule has 0 fully saturated rings. The van der Waals surface area contributed by atoms with Crippen LogP contribution in [0.15, 0.2) is 91.0 Å². The van der Waals surface area contributed by atoms with Gasteiger partial charge in [0.15, 0.2) is 0 Å². The van der Waals surface area contributed by atoms with E-state index in [4.69, 9.17) is 11.6 Å². The van der Waals surface area contributed by atoms with Crippen molar-refractivity contribution in [3.05, 3.63) is 91.0 Å². The molecule has 0 spiro atoms. The van der Waals surface area contributed by atoms with Crippen molar-refractivity contribution in [3.8, 4) is 0 Å².